The molecule has 0 unspecified atom stereocenters. The van der Waals surface area contributed by atoms with Crippen molar-refractivity contribution in [2.45, 2.75) is 6.92 Å². The second-order valence-electron chi connectivity index (χ2n) is 11.8. The molecule has 47 heavy (non-hydrogen) atoms. The van der Waals surface area contributed by atoms with Gasteiger partial charge in [0.2, 0.25) is 0 Å². The second kappa shape index (κ2) is 12.0. The van der Waals surface area contributed by atoms with E-state index >= 15 is 0 Å². The third-order valence-corrected chi connectivity index (χ3v) is 8.81. The molecule has 3 heterocycles. The second-order valence-corrected chi connectivity index (χ2v) is 11.8. The van der Waals surface area contributed by atoms with Gasteiger partial charge in [0, 0.05) is 34.1 Å². The molecular weight excluding hydrogens is 571 g/mol. The van der Waals surface area contributed by atoms with Gasteiger partial charge in [0.05, 0.1) is 22.4 Å². The molecule has 0 aliphatic heterocycles. The molecule has 0 aliphatic carbocycles. The summed E-state index contributed by atoms with van der Waals surface area (Å²) >= 11 is 0. The molecule has 5 aromatic carbocycles. The summed E-state index contributed by atoms with van der Waals surface area (Å²) in [5, 5.41) is 7.02. The van der Waals surface area contributed by atoms with E-state index in [0.29, 0.717) is 0 Å². The number of aromatic nitrogens is 3. The number of fused-ring (bicyclic) bond motifs is 5. The van der Waals surface area contributed by atoms with E-state index in [0.717, 1.165) is 60.9 Å². The van der Waals surface area contributed by atoms with Gasteiger partial charge in [0.15, 0.2) is 0 Å². The Hall–Kier alpha value is -6.19. The molecule has 8 rings (SSSR count). The highest BCUT2D eigenvalue weighted by atomic mass is 14.7. The molecule has 3 heteroatoms. The number of rotatable bonds is 6. The van der Waals surface area contributed by atoms with Gasteiger partial charge in [-0.15, -0.1) is 0 Å². The molecule has 0 saturated carbocycles. The van der Waals surface area contributed by atoms with Gasteiger partial charge in [-0.2, -0.15) is 0 Å². The van der Waals surface area contributed by atoms with Crippen molar-refractivity contribution in [3.8, 4) is 11.1 Å². The molecule has 0 radical (unpaired) electrons. The average molecular weight is 602 g/mol. The first-order chi connectivity index (χ1) is 23.1. The standard InChI is InChI=1S/C44H31N3/c1-29(40-15-7-9-23-45-40)25-36(26-30(2)41-16-8-10-24-46-41)34-20-21-38-42(28-34)47-44-37-14-6-5-12-32(37)19-22-39(44)43(38)35-18-17-31-11-3-4-13-33(31)27-35/h3-28H,1H2,2H3/b30-26+,36-25+. The van der Waals surface area contributed by atoms with E-state index in [-0.39, 0.29) is 0 Å². The fraction of sp³-hybridized carbons (Fsp3) is 0.0227. The van der Waals surface area contributed by atoms with Crippen LogP contribution in [0.15, 0.2) is 165 Å². The highest BCUT2D eigenvalue weighted by Crippen LogP contribution is 2.39. The van der Waals surface area contributed by atoms with E-state index in [1.807, 2.05) is 42.6 Å². The summed E-state index contributed by atoms with van der Waals surface area (Å²) in [5.41, 5.74) is 10.0. The predicted octanol–water partition coefficient (Wildman–Crippen LogP) is 11.4. The average Bonchev–Trinajstić information content (AvgIpc) is 3.13. The van der Waals surface area contributed by atoms with Crippen molar-refractivity contribution < 1.29 is 0 Å². The van der Waals surface area contributed by atoms with Gasteiger partial charge in [-0.3, -0.25) is 9.97 Å². The Balaban J connectivity index is 1.38. The molecule has 0 aliphatic rings. The smallest absolute Gasteiger partial charge is 0.0794 e. The van der Waals surface area contributed by atoms with E-state index in [9.17, 15) is 0 Å². The zero-order chi connectivity index (χ0) is 31.7. The highest BCUT2D eigenvalue weighted by Gasteiger charge is 2.16. The molecule has 3 aromatic heterocycles. The van der Waals surface area contributed by atoms with Crippen molar-refractivity contribution in [2.24, 2.45) is 0 Å². The SMILES string of the molecule is C=C(/C=C(\C=C(/C)c1ccccn1)c1ccc2c(-c3ccc4ccccc4c3)c3ccc4ccccc4c3nc2c1)c1ccccn1. The van der Waals surface area contributed by atoms with Crippen LogP contribution < -0.4 is 0 Å². The zero-order valence-corrected chi connectivity index (χ0v) is 26.1. The minimum atomic E-state index is 0.833. The minimum absolute atomic E-state index is 0.833. The van der Waals surface area contributed by atoms with Crippen LogP contribution in [-0.4, -0.2) is 15.0 Å². The maximum absolute atomic E-state index is 5.38. The van der Waals surface area contributed by atoms with Gasteiger partial charge in [-0.05, 0) is 99.5 Å². The van der Waals surface area contributed by atoms with Crippen molar-refractivity contribution >= 4 is 60.1 Å². The van der Waals surface area contributed by atoms with Crippen LogP contribution in [0.25, 0.3) is 71.2 Å². The first-order valence-electron chi connectivity index (χ1n) is 15.8. The Morgan fingerprint density at radius 3 is 2.04 bits per heavy atom. The summed E-state index contributed by atoms with van der Waals surface area (Å²) in [6, 6.07) is 46.7. The summed E-state index contributed by atoms with van der Waals surface area (Å²) in [5.74, 6) is 0. The van der Waals surface area contributed by atoms with E-state index in [4.69, 9.17) is 4.98 Å². The largest absolute Gasteiger partial charge is 0.257 e. The van der Waals surface area contributed by atoms with Crippen LogP contribution in [0.5, 0.6) is 0 Å². The molecule has 0 fully saturated rings. The fourth-order valence-corrected chi connectivity index (χ4v) is 6.44. The summed E-state index contributed by atoms with van der Waals surface area (Å²) < 4.78 is 0. The third kappa shape index (κ3) is 5.38. The summed E-state index contributed by atoms with van der Waals surface area (Å²) in [6.45, 7) is 6.48. The lowest BCUT2D eigenvalue weighted by atomic mass is 9.91. The Labute approximate surface area is 273 Å². The highest BCUT2D eigenvalue weighted by molar-refractivity contribution is 6.17. The first-order valence-corrected chi connectivity index (χ1v) is 15.8. The van der Waals surface area contributed by atoms with Crippen LogP contribution in [0, 0.1) is 0 Å². The topological polar surface area (TPSA) is 38.7 Å². The number of hydrogen-bond acceptors (Lipinski definition) is 3. The lowest BCUT2D eigenvalue weighted by Gasteiger charge is -2.15. The Morgan fingerprint density at radius 2 is 1.26 bits per heavy atom. The van der Waals surface area contributed by atoms with Crippen molar-refractivity contribution in [1.29, 1.82) is 0 Å². The van der Waals surface area contributed by atoms with Crippen LogP contribution >= 0.6 is 0 Å². The maximum atomic E-state index is 5.38. The van der Waals surface area contributed by atoms with Gasteiger partial charge in [0.25, 0.3) is 0 Å². The van der Waals surface area contributed by atoms with Crippen LogP contribution in [0.2, 0.25) is 0 Å². The number of allylic oxidation sites excluding steroid dienone is 5. The lowest BCUT2D eigenvalue weighted by molar-refractivity contribution is 1.27. The summed E-state index contributed by atoms with van der Waals surface area (Å²) in [4.78, 5) is 14.5. The summed E-state index contributed by atoms with van der Waals surface area (Å²) in [6.07, 6.45) is 7.91. The van der Waals surface area contributed by atoms with E-state index < -0.39 is 0 Å². The molecule has 0 atom stereocenters. The summed E-state index contributed by atoms with van der Waals surface area (Å²) in [7, 11) is 0. The molecule has 0 bridgehead atoms. The Bertz CT molecular complexity index is 2530. The fourth-order valence-electron chi connectivity index (χ4n) is 6.44. The van der Waals surface area contributed by atoms with Crippen LogP contribution in [0.1, 0.15) is 23.9 Å². The number of nitrogens with zero attached hydrogens (tertiary/aromatic N) is 3. The van der Waals surface area contributed by atoms with E-state index in [2.05, 4.69) is 133 Å². The zero-order valence-electron chi connectivity index (χ0n) is 26.1. The molecule has 0 saturated heterocycles. The number of benzene rings is 5. The molecular formula is C44H31N3. The van der Waals surface area contributed by atoms with Crippen LogP contribution in [-0.2, 0) is 0 Å². The monoisotopic (exact) mass is 601 g/mol. The van der Waals surface area contributed by atoms with Crippen LogP contribution in [0.4, 0.5) is 0 Å². The number of pyridine rings is 3. The number of hydrogen-bond donors (Lipinski definition) is 0. The third-order valence-electron chi connectivity index (χ3n) is 8.81. The minimum Gasteiger partial charge on any atom is -0.257 e. The molecule has 3 nitrogen and oxygen atoms in total. The van der Waals surface area contributed by atoms with E-state index in [1.165, 1.54) is 27.3 Å². The maximum Gasteiger partial charge on any atom is 0.0794 e. The lowest BCUT2D eigenvalue weighted by Crippen LogP contribution is -1.93. The van der Waals surface area contributed by atoms with Gasteiger partial charge in [-0.1, -0.05) is 104 Å². The normalized spacial score (nSPS) is 12.3. The van der Waals surface area contributed by atoms with Crippen LogP contribution in [0.3, 0.4) is 0 Å². The Morgan fingerprint density at radius 1 is 0.574 bits per heavy atom. The first kappa shape index (κ1) is 28.3. The molecule has 0 amide bonds. The Kier molecular flexibility index (Phi) is 7.20. The van der Waals surface area contributed by atoms with Gasteiger partial charge < -0.3 is 0 Å². The molecule has 0 spiro atoms. The predicted molar refractivity (Wildman–Crippen MR) is 199 cm³/mol. The van der Waals surface area contributed by atoms with Gasteiger partial charge >= 0.3 is 0 Å². The van der Waals surface area contributed by atoms with Crippen molar-refractivity contribution in [1.82, 2.24) is 15.0 Å². The molecule has 8 aromatic rings. The van der Waals surface area contributed by atoms with Gasteiger partial charge in [0.1, 0.15) is 0 Å². The van der Waals surface area contributed by atoms with E-state index in [1.54, 1.807) is 6.20 Å². The quantitative estimate of drug-likeness (QED) is 0.108. The van der Waals surface area contributed by atoms with Crippen molar-refractivity contribution in [2.75, 3.05) is 0 Å². The van der Waals surface area contributed by atoms with Gasteiger partial charge in [-0.25, -0.2) is 4.98 Å². The van der Waals surface area contributed by atoms with Crippen molar-refractivity contribution in [3.05, 3.63) is 182 Å². The molecule has 222 valence electrons. The molecule has 0 N–H and O–H groups in total. The van der Waals surface area contributed by atoms with Crippen molar-refractivity contribution in [3.63, 3.8) is 0 Å².